The molecule has 0 amide bonds. The predicted octanol–water partition coefficient (Wildman–Crippen LogP) is 3.25. The van der Waals surface area contributed by atoms with Gasteiger partial charge in [-0.05, 0) is 37.8 Å². The first kappa shape index (κ1) is 15.0. The molecule has 1 aromatic heterocycles. The molecule has 2 aromatic rings. The fourth-order valence-electron chi connectivity index (χ4n) is 3.28. The average molecular weight is 297 g/mol. The lowest BCUT2D eigenvalue weighted by Gasteiger charge is -2.39. The first-order chi connectivity index (χ1) is 10.7. The Kier molecular flexibility index (Phi) is 4.39. The van der Waals surface area contributed by atoms with Gasteiger partial charge in [-0.3, -0.25) is 0 Å². The number of nitrogens with zero attached hydrogens (tertiary/aromatic N) is 2. The molecule has 0 spiro atoms. The van der Waals surface area contributed by atoms with E-state index in [4.69, 9.17) is 4.74 Å². The molecular formula is C18H23N3O. The predicted molar refractivity (Wildman–Crippen MR) is 88.2 cm³/mol. The zero-order chi connectivity index (χ0) is 15.4. The maximum absolute atomic E-state index is 5.60. The van der Waals surface area contributed by atoms with Crippen LogP contribution in [0.5, 0.6) is 0 Å². The van der Waals surface area contributed by atoms with Crippen LogP contribution in [-0.2, 0) is 10.2 Å². The van der Waals surface area contributed by atoms with E-state index in [1.165, 1.54) is 11.1 Å². The van der Waals surface area contributed by atoms with Gasteiger partial charge in [0.25, 0.3) is 0 Å². The minimum absolute atomic E-state index is 0.114. The van der Waals surface area contributed by atoms with E-state index in [1.807, 2.05) is 13.0 Å². The van der Waals surface area contributed by atoms with Crippen molar-refractivity contribution in [1.82, 2.24) is 9.97 Å². The molecule has 1 aliphatic rings. The third kappa shape index (κ3) is 3.12. The third-order valence-electron chi connectivity index (χ3n) is 4.58. The molecule has 1 N–H and O–H groups in total. The zero-order valence-corrected chi connectivity index (χ0v) is 13.3. The molecule has 0 radical (unpaired) electrons. The Balaban J connectivity index is 1.85. The topological polar surface area (TPSA) is 47.0 Å². The van der Waals surface area contributed by atoms with Crippen molar-refractivity contribution in [3.8, 4) is 0 Å². The highest BCUT2D eigenvalue weighted by Crippen LogP contribution is 2.36. The van der Waals surface area contributed by atoms with Crippen molar-refractivity contribution < 1.29 is 4.74 Å². The van der Waals surface area contributed by atoms with Crippen molar-refractivity contribution in [3.05, 3.63) is 53.5 Å². The van der Waals surface area contributed by atoms with Gasteiger partial charge in [-0.1, -0.05) is 24.3 Å². The van der Waals surface area contributed by atoms with Crippen molar-refractivity contribution in [3.63, 3.8) is 0 Å². The molecule has 0 bridgehead atoms. The number of benzene rings is 1. The Morgan fingerprint density at radius 3 is 2.64 bits per heavy atom. The van der Waals surface area contributed by atoms with Crippen LogP contribution in [0.25, 0.3) is 0 Å². The number of hydrogen-bond acceptors (Lipinski definition) is 4. The lowest BCUT2D eigenvalue weighted by molar-refractivity contribution is 0.0541. The summed E-state index contributed by atoms with van der Waals surface area (Å²) >= 11 is 0. The zero-order valence-electron chi connectivity index (χ0n) is 13.3. The van der Waals surface area contributed by atoms with E-state index < -0.39 is 0 Å². The lowest BCUT2D eigenvalue weighted by Crippen LogP contribution is -2.40. The summed E-state index contributed by atoms with van der Waals surface area (Å²) in [5.74, 6) is 0.895. The number of aryl methyl sites for hydroxylation is 2. The lowest BCUT2D eigenvalue weighted by atomic mass is 9.72. The summed E-state index contributed by atoms with van der Waals surface area (Å²) in [5.41, 5.74) is 3.87. The monoisotopic (exact) mass is 297 g/mol. The van der Waals surface area contributed by atoms with Crippen molar-refractivity contribution in [2.45, 2.75) is 32.1 Å². The number of aromatic nitrogens is 2. The maximum Gasteiger partial charge on any atom is 0.129 e. The molecule has 1 aliphatic heterocycles. The van der Waals surface area contributed by atoms with Gasteiger partial charge in [-0.2, -0.15) is 0 Å². The Hall–Kier alpha value is -1.94. The van der Waals surface area contributed by atoms with E-state index in [0.717, 1.165) is 44.1 Å². The smallest absolute Gasteiger partial charge is 0.129 e. The molecule has 1 aromatic carbocycles. The first-order valence-corrected chi connectivity index (χ1v) is 7.86. The highest BCUT2D eigenvalue weighted by atomic mass is 16.5. The summed E-state index contributed by atoms with van der Waals surface area (Å²) in [4.78, 5) is 8.47. The SMILES string of the molecule is Cc1cc(NCC2(c3ccccc3C)CCOCC2)ncn1. The number of ether oxygens (including phenoxy) is 1. The van der Waals surface area contributed by atoms with Crippen LogP contribution in [0.1, 0.15) is 29.7 Å². The maximum atomic E-state index is 5.60. The molecule has 4 nitrogen and oxygen atoms in total. The van der Waals surface area contributed by atoms with Crippen LogP contribution >= 0.6 is 0 Å². The van der Waals surface area contributed by atoms with Crippen LogP contribution in [0, 0.1) is 13.8 Å². The third-order valence-corrected chi connectivity index (χ3v) is 4.58. The van der Waals surface area contributed by atoms with E-state index in [2.05, 4.69) is 46.5 Å². The van der Waals surface area contributed by atoms with Crippen LogP contribution in [0.15, 0.2) is 36.7 Å². The van der Waals surface area contributed by atoms with Gasteiger partial charge in [0.2, 0.25) is 0 Å². The molecule has 0 atom stereocenters. The molecule has 0 aliphatic carbocycles. The van der Waals surface area contributed by atoms with Crippen molar-refractivity contribution in [1.29, 1.82) is 0 Å². The van der Waals surface area contributed by atoms with Gasteiger partial charge in [0.15, 0.2) is 0 Å². The highest BCUT2D eigenvalue weighted by Gasteiger charge is 2.35. The van der Waals surface area contributed by atoms with Crippen molar-refractivity contribution in [2.75, 3.05) is 25.1 Å². The number of nitrogens with one attached hydrogen (secondary N) is 1. The molecule has 4 heteroatoms. The molecule has 116 valence electrons. The number of hydrogen-bond donors (Lipinski definition) is 1. The van der Waals surface area contributed by atoms with E-state index in [-0.39, 0.29) is 5.41 Å². The summed E-state index contributed by atoms with van der Waals surface area (Å²) < 4.78 is 5.60. The Morgan fingerprint density at radius 2 is 1.91 bits per heavy atom. The normalized spacial score (nSPS) is 17.2. The van der Waals surface area contributed by atoms with Crippen molar-refractivity contribution >= 4 is 5.82 Å². The second-order valence-electron chi connectivity index (χ2n) is 6.11. The minimum Gasteiger partial charge on any atom is -0.381 e. The standard InChI is InChI=1S/C18H23N3O/c1-14-5-3-4-6-16(14)18(7-9-22-10-8-18)12-19-17-11-15(2)20-13-21-17/h3-6,11,13H,7-10,12H2,1-2H3,(H,19,20,21). The minimum atomic E-state index is 0.114. The molecule has 2 heterocycles. The first-order valence-electron chi connectivity index (χ1n) is 7.86. The highest BCUT2D eigenvalue weighted by molar-refractivity contribution is 5.40. The number of anilines is 1. The van der Waals surface area contributed by atoms with Gasteiger partial charge in [0, 0.05) is 36.9 Å². The van der Waals surface area contributed by atoms with Crippen LogP contribution in [0.3, 0.4) is 0 Å². The molecule has 1 saturated heterocycles. The molecule has 22 heavy (non-hydrogen) atoms. The molecule has 3 rings (SSSR count). The van der Waals surface area contributed by atoms with Gasteiger partial charge in [-0.15, -0.1) is 0 Å². The second kappa shape index (κ2) is 6.44. The molecule has 1 fully saturated rings. The van der Waals surface area contributed by atoms with Crippen LogP contribution in [-0.4, -0.2) is 29.7 Å². The van der Waals surface area contributed by atoms with Gasteiger partial charge < -0.3 is 10.1 Å². The Morgan fingerprint density at radius 1 is 1.14 bits per heavy atom. The Labute approximate surface area is 132 Å². The molecular weight excluding hydrogens is 274 g/mol. The van der Waals surface area contributed by atoms with Crippen LogP contribution in [0.4, 0.5) is 5.82 Å². The Bertz CT molecular complexity index is 636. The fourth-order valence-corrected chi connectivity index (χ4v) is 3.28. The van der Waals surface area contributed by atoms with Crippen LogP contribution < -0.4 is 5.32 Å². The fraction of sp³-hybridized carbons (Fsp3) is 0.444. The average Bonchev–Trinajstić information content (AvgIpc) is 2.54. The van der Waals surface area contributed by atoms with Gasteiger partial charge in [0.05, 0.1) is 0 Å². The van der Waals surface area contributed by atoms with E-state index >= 15 is 0 Å². The largest absolute Gasteiger partial charge is 0.381 e. The van der Waals surface area contributed by atoms with E-state index in [0.29, 0.717) is 0 Å². The summed E-state index contributed by atoms with van der Waals surface area (Å²) in [7, 11) is 0. The van der Waals surface area contributed by atoms with Gasteiger partial charge in [-0.25, -0.2) is 9.97 Å². The van der Waals surface area contributed by atoms with Crippen LogP contribution in [0.2, 0.25) is 0 Å². The quantitative estimate of drug-likeness (QED) is 0.941. The summed E-state index contributed by atoms with van der Waals surface area (Å²) in [5, 5.41) is 3.52. The number of rotatable bonds is 4. The molecule has 0 unspecified atom stereocenters. The van der Waals surface area contributed by atoms with Gasteiger partial charge in [0.1, 0.15) is 12.1 Å². The molecule has 0 saturated carbocycles. The summed E-state index contributed by atoms with van der Waals surface area (Å²) in [6, 6.07) is 10.7. The second-order valence-corrected chi connectivity index (χ2v) is 6.11. The van der Waals surface area contributed by atoms with E-state index in [9.17, 15) is 0 Å². The van der Waals surface area contributed by atoms with Gasteiger partial charge >= 0.3 is 0 Å². The summed E-state index contributed by atoms with van der Waals surface area (Å²) in [6.45, 7) is 6.69. The van der Waals surface area contributed by atoms with Crippen molar-refractivity contribution in [2.24, 2.45) is 0 Å². The summed E-state index contributed by atoms with van der Waals surface area (Å²) in [6.07, 6.45) is 3.69. The van der Waals surface area contributed by atoms with E-state index in [1.54, 1.807) is 6.33 Å².